The molecular formula is C31H51IN2O10. The Morgan fingerprint density at radius 1 is 1.16 bits per heavy atom. The van der Waals surface area contributed by atoms with E-state index >= 15 is 0 Å². The van der Waals surface area contributed by atoms with Gasteiger partial charge in [0.05, 0.1) is 29.6 Å². The number of halogens is 1. The summed E-state index contributed by atoms with van der Waals surface area (Å²) in [6.45, 7) is 11.9. The van der Waals surface area contributed by atoms with E-state index in [-0.39, 0.29) is 24.3 Å². The average Bonchev–Trinajstić information content (AvgIpc) is 2.97. The van der Waals surface area contributed by atoms with E-state index < -0.39 is 75.3 Å². The van der Waals surface area contributed by atoms with Crippen LogP contribution in [0.25, 0.3) is 0 Å². The van der Waals surface area contributed by atoms with Gasteiger partial charge in [-0.25, -0.2) is 0 Å². The van der Waals surface area contributed by atoms with Gasteiger partial charge in [-0.1, -0.05) is 25.9 Å². The van der Waals surface area contributed by atoms with Crippen molar-refractivity contribution in [3.63, 3.8) is 0 Å². The highest BCUT2D eigenvalue weighted by Gasteiger charge is 2.51. The molecule has 2 saturated heterocycles. The molecule has 252 valence electrons. The molecule has 0 aromatic carbocycles. The Bertz CT molecular complexity index is 1070. The Labute approximate surface area is 275 Å². The Kier molecular flexibility index (Phi) is 14.1. The van der Waals surface area contributed by atoms with Gasteiger partial charge >= 0.3 is 5.97 Å². The number of likely N-dealkylation sites (N-methyl/N-ethyl adjacent to an activating group) is 1. The Morgan fingerprint density at radius 2 is 1.77 bits per heavy atom. The molecule has 0 aromatic rings. The lowest BCUT2D eigenvalue weighted by Gasteiger charge is -2.47. The normalized spacial score (nSPS) is 44.2. The van der Waals surface area contributed by atoms with Crippen molar-refractivity contribution in [3.05, 3.63) is 0 Å². The summed E-state index contributed by atoms with van der Waals surface area (Å²) in [6, 6.07) is -0.341. The zero-order valence-electron chi connectivity index (χ0n) is 27.3. The Morgan fingerprint density at radius 3 is 2.32 bits per heavy atom. The first kappa shape index (κ1) is 38.8. The number of terminal acetylenes is 1. The topological polar surface area (TPSA) is 168 Å². The number of carbonyl (C=O) groups excluding carboxylic acids is 2. The number of ketones is 1. The van der Waals surface area contributed by atoms with Gasteiger partial charge in [0, 0.05) is 43.9 Å². The fourth-order valence-electron chi connectivity index (χ4n) is 6.37. The quantitative estimate of drug-likeness (QED) is 0.0601. The lowest BCUT2D eigenvalue weighted by Crippen LogP contribution is -2.60. The van der Waals surface area contributed by atoms with Gasteiger partial charge in [0.2, 0.25) is 0 Å². The first-order chi connectivity index (χ1) is 20.4. The van der Waals surface area contributed by atoms with Crippen molar-refractivity contribution in [1.82, 2.24) is 4.90 Å². The number of methoxy groups -OCH3 is 1. The summed E-state index contributed by atoms with van der Waals surface area (Å²) in [7, 11) is 3.32. The van der Waals surface area contributed by atoms with Crippen LogP contribution >= 0.6 is 22.6 Å². The van der Waals surface area contributed by atoms with Gasteiger partial charge in [0.15, 0.2) is 16.2 Å². The minimum absolute atomic E-state index is 0.140. The molecule has 13 atom stereocenters. The highest BCUT2D eigenvalue weighted by molar-refractivity contribution is 14.1. The predicted octanol–water partition coefficient (Wildman–Crippen LogP) is 2.36. The summed E-state index contributed by atoms with van der Waals surface area (Å²) >= 11 is 1.70. The first-order valence-electron chi connectivity index (χ1n) is 15.1. The first-order valence-corrected chi connectivity index (χ1v) is 16.3. The van der Waals surface area contributed by atoms with Crippen LogP contribution in [0.15, 0.2) is 5.16 Å². The van der Waals surface area contributed by atoms with E-state index in [4.69, 9.17) is 25.4 Å². The maximum absolute atomic E-state index is 13.9. The van der Waals surface area contributed by atoms with E-state index in [1.807, 2.05) is 18.9 Å². The third-order valence-corrected chi connectivity index (χ3v) is 10.9. The van der Waals surface area contributed by atoms with E-state index in [0.717, 1.165) is 0 Å². The molecule has 12 nitrogen and oxygen atoms in total. The SMILES string of the molecule is C#CCCN(C)[C@H]1C[C@@H](C)O[C@@H](O[C@@H]2[C@@H](C)C(=O)[C@@H](C)C(=O)O[C@H](I)[C@@](C)(O)[C@H](O)[C@@H](C)/C(=N/O)[C@H](C)C[C@@]2(C)OC)[C@@H]1O. The van der Waals surface area contributed by atoms with Gasteiger partial charge in [-0.15, -0.1) is 12.3 Å². The predicted molar refractivity (Wildman–Crippen MR) is 171 cm³/mol. The van der Waals surface area contributed by atoms with E-state index in [2.05, 4.69) is 11.1 Å². The molecule has 0 aliphatic carbocycles. The van der Waals surface area contributed by atoms with Crippen LogP contribution in [0, 0.1) is 36.0 Å². The Balaban J connectivity index is 2.61. The minimum Gasteiger partial charge on any atom is -0.448 e. The van der Waals surface area contributed by atoms with Crippen LogP contribution < -0.4 is 0 Å². The van der Waals surface area contributed by atoms with Gasteiger partial charge in [-0.3, -0.25) is 14.5 Å². The number of aliphatic hydroxyl groups is 3. The van der Waals surface area contributed by atoms with Crippen molar-refractivity contribution in [2.45, 2.75) is 120 Å². The number of aliphatic hydroxyl groups excluding tert-OH is 2. The molecule has 0 radical (unpaired) electrons. The van der Waals surface area contributed by atoms with Crippen LogP contribution in [0.5, 0.6) is 0 Å². The fourth-order valence-corrected chi connectivity index (χ4v) is 6.99. The maximum atomic E-state index is 13.9. The van der Waals surface area contributed by atoms with Crippen molar-refractivity contribution in [2.75, 3.05) is 20.7 Å². The zero-order chi connectivity index (χ0) is 33.7. The van der Waals surface area contributed by atoms with Crippen LogP contribution in [0.4, 0.5) is 0 Å². The maximum Gasteiger partial charge on any atom is 0.317 e. The molecule has 0 amide bonds. The van der Waals surface area contributed by atoms with Gasteiger partial charge < -0.3 is 39.5 Å². The third kappa shape index (κ3) is 8.50. The lowest BCUT2D eigenvalue weighted by molar-refractivity contribution is -0.295. The van der Waals surface area contributed by atoms with Crippen molar-refractivity contribution in [2.24, 2.45) is 28.8 Å². The summed E-state index contributed by atoms with van der Waals surface area (Å²) < 4.78 is 22.9. The van der Waals surface area contributed by atoms with Crippen molar-refractivity contribution in [3.8, 4) is 12.3 Å². The highest BCUT2D eigenvalue weighted by atomic mass is 127. The van der Waals surface area contributed by atoms with Crippen LogP contribution in [-0.4, -0.2) is 116 Å². The summed E-state index contributed by atoms with van der Waals surface area (Å²) in [5, 5.41) is 47.3. The number of oxime groups is 1. The van der Waals surface area contributed by atoms with Crippen LogP contribution in [0.1, 0.15) is 67.7 Å². The largest absolute Gasteiger partial charge is 0.448 e. The highest BCUT2D eigenvalue weighted by Crippen LogP contribution is 2.38. The number of rotatable bonds is 6. The number of Topliss-reactive ketones (excluding diaryl/α,β-unsaturated/α-hetero) is 1. The van der Waals surface area contributed by atoms with Crippen molar-refractivity contribution in [1.29, 1.82) is 0 Å². The molecule has 2 aliphatic heterocycles. The Hall–Kier alpha value is -1.38. The molecule has 0 saturated carbocycles. The molecule has 2 fully saturated rings. The number of carbonyl (C=O) groups is 2. The molecule has 2 heterocycles. The monoisotopic (exact) mass is 738 g/mol. The molecule has 13 heteroatoms. The summed E-state index contributed by atoms with van der Waals surface area (Å²) in [5.74, 6) is -2.43. The number of hydrogen-bond donors (Lipinski definition) is 4. The van der Waals surface area contributed by atoms with Gasteiger partial charge in [0.1, 0.15) is 17.6 Å². The number of esters is 1. The number of alkyl halides is 1. The molecule has 2 rings (SSSR count). The third-order valence-electron chi connectivity index (χ3n) is 9.37. The standard InChI is InChI=1S/C31H51IN2O10/c1-11-12-13-34(9)21-14-17(3)42-28(24(21)36)43-26-19(5)23(35)20(6)27(38)44-29(32)31(8,39)25(37)18(4)22(33-40)16(2)15-30(26,7)41-10/h1,16-21,24-26,28-29,36-37,39-40H,12-15H2,2-10H3/b33-22+/t16-,17-,18+,19+,20-,21+,24-,25-,26-,28+,29+,30-,31+/m1/s1. The minimum atomic E-state index is -1.95. The molecular weight excluding hydrogens is 687 g/mol. The average molecular weight is 739 g/mol. The van der Waals surface area contributed by atoms with E-state index in [1.54, 1.807) is 50.3 Å². The second-order valence-electron chi connectivity index (χ2n) is 12.9. The molecule has 4 N–H and O–H groups in total. The fraction of sp³-hybridized carbons (Fsp3) is 0.839. The number of nitrogens with zero attached hydrogens (tertiary/aromatic N) is 2. The van der Waals surface area contributed by atoms with Crippen LogP contribution in [0.2, 0.25) is 0 Å². The zero-order valence-corrected chi connectivity index (χ0v) is 29.4. The molecule has 0 aromatic heterocycles. The van der Waals surface area contributed by atoms with Crippen LogP contribution in [-0.2, 0) is 28.5 Å². The van der Waals surface area contributed by atoms with Crippen LogP contribution in [0.3, 0.4) is 0 Å². The molecule has 44 heavy (non-hydrogen) atoms. The summed E-state index contributed by atoms with van der Waals surface area (Å²) in [4.78, 5) is 29.0. The number of hydrogen-bond acceptors (Lipinski definition) is 12. The van der Waals surface area contributed by atoms with Crippen molar-refractivity contribution < 1.29 is 49.1 Å². The van der Waals surface area contributed by atoms with Crippen molar-refractivity contribution >= 4 is 40.1 Å². The molecule has 2 aliphatic rings. The van der Waals surface area contributed by atoms with E-state index in [1.165, 1.54) is 21.0 Å². The molecule has 0 bridgehead atoms. The second kappa shape index (κ2) is 15.9. The summed E-state index contributed by atoms with van der Waals surface area (Å²) in [6.07, 6.45) is 1.52. The number of cyclic esters (lactones) is 1. The van der Waals surface area contributed by atoms with Gasteiger partial charge in [0.25, 0.3) is 0 Å². The summed E-state index contributed by atoms with van der Waals surface area (Å²) in [5.41, 5.74) is -3.04. The number of ether oxygens (including phenoxy) is 4. The molecule has 0 unspecified atom stereocenters. The van der Waals surface area contributed by atoms with Gasteiger partial charge in [-0.2, -0.15) is 0 Å². The van der Waals surface area contributed by atoms with E-state index in [9.17, 15) is 30.1 Å². The van der Waals surface area contributed by atoms with Gasteiger partial charge in [-0.05, 0) is 70.2 Å². The molecule has 0 spiro atoms. The van der Waals surface area contributed by atoms with E-state index in [0.29, 0.717) is 19.4 Å². The second-order valence-corrected chi connectivity index (χ2v) is 14.0. The lowest BCUT2D eigenvalue weighted by atomic mass is 9.75. The smallest absolute Gasteiger partial charge is 0.317 e.